The molecule has 132 valence electrons. The molecule has 0 radical (unpaired) electrons. The molecule has 1 aromatic rings. The molecule has 1 unspecified atom stereocenters. The van der Waals surface area contributed by atoms with Gasteiger partial charge in [0.25, 0.3) is 0 Å². The van der Waals surface area contributed by atoms with Crippen LogP contribution in [0, 0.1) is 11.8 Å². The maximum Gasteiger partial charge on any atom is 0.326 e. The molecule has 1 aromatic carbocycles. The van der Waals surface area contributed by atoms with E-state index in [-0.39, 0.29) is 17.7 Å². The van der Waals surface area contributed by atoms with Crippen LogP contribution in [0.3, 0.4) is 0 Å². The molecule has 5 nitrogen and oxygen atoms in total. The first-order valence-electron chi connectivity index (χ1n) is 8.75. The number of rotatable bonds is 7. The highest BCUT2D eigenvalue weighted by Gasteiger charge is 2.28. The Morgan fingerprint density at radius 3 is 2.38 bits per heavy atom. The zero-order valence-corrected chi connectivity index (χ0v) is 14.6. The standard InChI is InChI=1S/C19H28N2O3/c1-14(2)12-17(19(23)24)20-18(22)16-8-10-21(11-9-16)13-15-6-4-3-5-7-15/h3-7,14,16-17H,8-13H2,1-2H3,(H,20,22)(H,23,24). The molecule has 1 atom stereocenters. The minimum Gasteiger partial charge on any atom is -0.480 e. The summed E-state index contributed by atoms with van der Waals surface area (Å²) in [5.41, 5.74) is 1.28. The summed E-state index contributed by atoms with van der Waals surface area (Å²) in [7, 11) is 0. The van der Waals surface area contributed by atoms with Crippen molar-refractivity contribution in [2.24, 2.45) is 11.8 Å². The molecule has 24 heavy (non-hydrogen) atoms. The van der Waals surface area contributed by atoms with Crippen LogP contribution in [0.15, 0.2) is 30.3 Å². The lowest BCUT2D eigenvalue weighted by Crippen LogP contribution is -2.47. The summed E-state index contributed by atoms with van der Waals surface area (Å²) in [6.07, 6.45) is 2.04. The molecule has 2 rings (SSSR count). The normalized spacial score (nSPS) is 17.6. The molecule has 1 fully saturated rings. The molecule has 0 saturated carbocycles. The van der Waals surface area contributed by atoms with Crippen LogP contribution in [0.25, 0.3) is 0 Å². The number of hydrogen-bond acceptors (Lipinski definition) is 3. The summed E-state index contributed by atoms with van der Waals surface area (Å²) in [4.78, 5) is 26.0. The topological polar surface area (TPSA) is 69.6 Å². The van der Waals surface area contributed by atoms with Crippen molar-refractivity contribution in [3.8, 4) is 0 Å². The Balaban J connectivity index is 1.80. The zero-order chi connectivity index (χ0) is 17.5. The van der Waals surface area contributed by atoms with Gasteiger partial charge in [-0.2, -0.15) is 0 Å². The second kappa shape index (κ2) is 8.83. The molecule has 2 N–H and O–H groups in total. The van der Waals surface area contributed by atoms with Gasteiger partial charge in [0.2, 0.25) is 5.91 Å². The summed E-state index contributed by atoms with van der Waals surface area (Å²) in [5.74, 6) is -0.897. The Labute approximate surface area is 144 Å². The number of piperidine rings is 1. The van der Waals surface area contributed by atoms with Gasteiger partial charge in [-0.25, -0.2) is 4.79 Å². The summed E-state index contributed by atoms with van der Waals surface area (Å²) >= 11 is 0. The Morgan fingerprint density at radius 2 is 1.83 bits per heavy atom. The number of carbonyl (C=O) groups is 2. The lowest BCUT2D eigenvalue weighted by molar-refractivity contribution is -0.143. The number of carboxylic acids is 1. The maximum atomic E-state index is 12.4. The molecular formula is C19H28N2O3. The first-order chi connectivity index (χ1) is 11.5. The third-order valence-electron chi connectivity index (χ3n) is 4.53. The summed E-state index contributed by atoms with van der Waals surface area (Å²) in [5, 5.41) is 12.0. The fourth-order valence-electron chi connectivity index (χ4n) is 3.18. The number of hydrogen-bond donors (Lipinski definition) is 2. The number of benzene rings is 1. The van der Waals surface area contributed by atoms with Crippen LogP contribution in [-0.2, 0) is 16.1 Å². The van der Waals surface area contributed by atoms with Crippen molar-refractivity contribution in [1.29, 1.82) is 0 Å². The van der Waals surface area contributed by atoms with Crippen LogP contribution >= 0.6 is 0 Å². The molecule has 1 saturated heterocycles. The van der Waals surface area contributed by atoms with E-state index < -0.39 is 12.0 Å². The van der Waals surface area contributed by atoms with Gasteiger partial charge in [0.05, 0.1) is 0 Å². The Hall–Kier alpha value is -1.88. The number of likely N-dealkylation sites (tertiary alicyclic amines) is 1. The van der Waals surface area contributed by atoms with Crippen molar-refractivity contribution in [3.05, 3.63) is 35.9 Å². The van der Waals surface area contributed by atoms with Gasteiger partial charge >= 0.3 is 5.97 Å². The summed E-state index contributed by atoms with van der Waals surface area (Å²) in [6, 6.07) is 9.53. The van der Waals surface area contributed by atoms with Crippen molar-refractivity contribution in [2.75, 3.05) is 13.1 Å². The summed E-state index contributed by atoms with van der Waals surface area (Å²) < 4.78 is 0. The van der Waals surface area contributed by atoms with E-state index in [2.05, 4.69) is 22.3 Å². The number of carboxylic acid groups (broad SMARTS) is 1. The average Bonchev–Trinajstić information content (AvgIpc) is 2.55. The molecule has 0 spiro atoms. The van der Waals surface area contributed by atoms with Crippen LogP contribution in [0.1, 0.15) is 38.7 Å². The first kappa shape index (κ1) is 18.5. The Kier molecular flexibility index (Phi) is 6.79. The Morgan fingerprint density at radius 1 is 1.21 bits per heavy atom. The molecule has 0 aromatic heterocycles. The van der Waals surface area contributed by atoms with Crippen LogP contribution in [0.4, 0.5) is 0 Å². The second-order valence-corrected chi connectivity index (χ2v) is 7.06. The van der Waals surface area contributed by atoms with Gasteiger partial charge in [-0.15, -0.1) is 0 Å². The van der Waals surface area contributed by atoms with Crippen molar-refractivity contribution >= 4 is 11.9 Å². The lowest BCUT2D eigenvalue weighted by Gasteiger charge is -2.32. The number of carbonyl (C=O) groups excluding carboxylic acids is 1. The molecule has 0 aliphatic carbocycles. The monoisotopic (exact) mass is 332 g/mol. The molecule has 1 heterocycles. The highest BCUT2D eigenvalue weighted by atomic mass is 16.4. The predicted octanol–water partition coefficient (Wildman–Crippen LogP) is 2.51. The molecule has 1 aliphatic rings. The van der Waals surface area contributed by atoms with Crippen molar-refractivity contribution in [3.63, 3.8) is 0 Å². The second-order valence-electron chi connectivity index (χ2n) is 7.06. The predicted molar refractivity (Wildman–Crippen MR) is 93.5 cm³/mol. The quantitative estimate of drug-likeness (QED) is 0.805. The van der Waals surface area contributed by atoms with Gasteiger partial charge < -0.3 is 10.4 Å². The van der Waals surface area contributed by atoms with E-state index in [1.54, 1.807) is 0 Å². The minimum atomic E-state index is -0.946. The van der Waals surface area contributed by atoms with Gasteiger partial charge in [0.1, 0.15) is 6.04 Å². The largest absolute Gasteiger partial charge is 0.480 e. The van der Waals surface area contributed by atoms with Crippen LogP contribution in [0.2, 0.25) is 0 Å². The molecule has 5 heteroatoms. The fraction of sp³-hybridized carbons (Fsp3) is 0.579. The number of nitrogens with zero attached hydrogens (tertiary/aromatic N) is 1. The third kappa shape index (κ3) is 5.64. The summed E-state index contributed by atoms with van der Waals surface area (Å²) in [6.45, 7) is 6.57. The van der Waals surface area contributed by atoms with Gasteiger partial charge in [0.15, 0.2) is 0 Å². The third-order valence-corrected chi connectivity index (χ3v) is 4.53. The van der Waals surface area contributed by atoms with Crippen LogP contribution in [-0.4, -0.2) is 41.0 Å². The van der Waals surface area contributed by atoms with Gasteiger partial charge in [0, 0.05) is 12.5 Å². The van der Waals surface area contributed by atoms with E-state index in [1.807, 2.05) is 32.0 Å². The molecule has 1 amide bonds. The minimum absolute atomic E-state index is 0.0777. The lowest BCUT2D eigenvalue weighted by atomic mass is 9.94. The van der Waals surface area contributed by atoms with Crippen molar-refractivity contribution < 1.29 is 14.7 Å². The zero-order valence-electron chi connectivity index (χ0n) is 14.6. The fourth-order valence-corrected chi connectivity index (χ4v) is 3.18. The maximum absolute atomic E-state index is 12.4. The van der Waals surface area contributed by atoms with E-state index >= 15 is 0 Å². The van der Waals surface area contributed by atoms with Gasteiger partial charge in [-0.3, -0.25) is 9.69 Å². The number of nitrogens with one attached hydrogen (secondary N) is 1. The van der Waals surface area contributed by atoms with Crippen molar-refractivity contribution in [2.45, 2.75) is 45.7 Å². The molecule has 1 aliphatic heterocycles. The van der Waals surface area contributed by atoms with E-state index in [9.17, 15) is 14.7 Å². The van der Waals surface area contributed by atoms with E-state index in [1.165, 1.54) is 5.56 Å². The Bertz CT molecular complexity index is 537. The van der Waals surface area contributed by atoms with Crippen LogP contribution in [0.5, 0.6) is 0 Å². The highest BCUT2D eigenvalue weighted by molar-refractivity contribution is 5.85. The van der Waals surface area contributed by atoms with Gasteiger partial charge in [-0.05, 0) is 43.8 Å². The SMILES string of the molecule is CC(C)CC(NC(=O)C1CCN(Cc2ccccc2)CC1)C(=O)O. The van der Waals surface area contributed by atoms with Crippen molar-refractivity contribution in [1.82, 2.24) is 10.2 Å². The molecule has 0 bridgehead atoms. The number of amides is 1. The highest BCUT2D eigenvalue weighted by Crippen LogP contribution is 2.20. The van der Waals surface area contributed by atoms with E-state index in [0.717, 1.165) is 32.5 Å². The van der Waals surface area contributed by atoms with Crippen LogP contribution < -0.4 is 5.32 Å². The molecular weight excluding hydrogens is 304 g/mol. The number of aliphatic carboxylic acids is 1. The van der Waals surface area contributed by atoms with E-state index in [0.29, 0.717) is 6.42 Å². The average molecular weight is 332 g/mol. The smallest absolute Gasteiger partial charge is 0.326 e. The van der Waals surface area contributed by atoms with Gasteiger partial charge in [-0.1, -0.05) is 44.2 Å². The van der Waals surface area contributed by atoms with E-state index in [4.69, 9.17) is 0 Å². The first-order valence-corrected chi connectivity index (χ1v) is 8.75.